The Morgan fingerprint density at radius 2 is 2.38 bits per heavy atom. The van der Waals surface area contributed by atoms with E-state index in [9.17, 15) is 9.18 Å². The molecule has 1 aromatic carbocycles. The minimum absolute atomic E-state index is 0.0878. The Hall–Kier alpha value is -1.50. The molecule has 0 radical (unpaired) electrons. The Kier molecular flexibility index (Phi) is 5.18. The molecule has 24 heavy (non-hydrogen) atoms. The van der Waals surface area contributed by atoms with E-state index in [1.165, 1.54) is 12.1 Å². The summed E-state index contributed by atoms with van der Waals surface area (Å²) < 4.78 is 25.0. The van der Waals surface area contributed by atoms with Crippen molar-refractivity contribution in [2.24, 2.45) is 0 Å². The lowest BCUT2D eigenvalue weighted by molar-refractivity contribution is -0.146. The monoisotopic (exact) mass is 336 g/mol. The van der Waals surface area contributed by atoms with E-state index in [0.29, 0.717) is 12.2 Å². The fraction of sp³-hybridized carbons (Fsp3) is 0.611. The van der Waals surface area contributed by atoms with Gasteiger partial charge in [-0.1, -0.05) is 6.07 Å². The first-order valence-corrected chi connectivity index (χ1v) is 8.47. The van der Waals surface area contributed by atoms with Gasteiger partial charge in [-0.25, -0.2) is 4.39 Å². The lowest BCUT2D eigenvalue weighted by Crippen LogP contribution is -2.58. The molecule has 0 saturated carbocycles. The summed E-state index contributed by atoms with van der Waals surface area (Å²) in [6.07, 6.45) is 2.93. The third kappa shape index (κ3) is 3.61. The molecule has 2 atom stereocenters. The summed E-state index contributed by atoms with van der Waals surface area (Å²) in [5, 5.41) is 2.81. The minimum atomic E-state index is -0.352. The van der Waals surface area contributed by atoms with Crippen molar-refractivity contribution >= 4 is 11.6 Å². The first kappa shape index (κ1) is 17.3. The van der Waals surface area contributed by atoms with Gasteiger partial charge in [-0.2, -0.15) is 0 Å². The summed E-state index contributed by atoms with van der Waals surface area (Å²) in [5.74, 6) is -0.483. The largest absolute Gasteiger partial charge is 0.378 e. The van der Waals surface area contributed by atoms with Crippen molar-refractivity contribution in [2.75, 3.05) is 38.7 Å². The second kappa shape index (κ2) is 7.17. The summed E-state index contributed by atoms with van der Waals surface area (Å²) in [5.41, 5.74) is 1.08. The van der Waals surface area contributed by atoms with Gasteiger partial charge in [-0.05, 0) is 43.9 Å². The molecule has 2 aliphatic rings. The molecule has 3 rings (SSSR count). The van der Waals surface area contributed by atoms with Crippen LogP contribution in [0, 0.1) is 12.7 Å². The number of aryl methyl sites for hydroxylation is 1. The smallest absolute Gasteiger partial charge is 0.238 e. The van der Waals surface area contributed by atoms with Gasteiger partial charge >= 0.3 is 0 Å². The van der Waals surface area contributed by atoms with Crippen LogP contribution in [-0.2, 0) is 14.3 Å². The molecule has 132 valence electrons. The number of ether oxygens (including phenoxy) is 2. The summed E-state index contributed by atoms with van der Waals surface area (Å²) in [6, 6.07) is 4.41. The molecule has 2 saturated heterocycles. The second-order valence-corrected chi connectivity index (χ2v) is 6.75. The maximum atomic E-state index is 13.3. The number of anilines is 1. The van der Waals surface area contributed by atoms with E-state index in [1.807, 2.05) is 6.92 Å². The number of piperidine rings is 1. The molecule has 1 N–H and O–H groups in total. The number of methoxy groups -OCH3 is 1. The number of hydrogen-bond donors (Lipinski definition) is 1. The molecule has 1 spiro atoms. The van der Waals surface area contributed by atoms with E-state index in [2.05, 4.69) is 10.2 Å². The van der Waals surface area contributed by atoms with Crippen LogP contribution in [0.4, 0.5) is 10.1 Å². The number of hydrogen-bond acceptors (Lipinski definition) is 4. The van der Waals surface area contributed by atoms with Crippen LogP contribution in [0.15, 0.2) is 18.2 Å². The number of amides is 1. The highest BCUT2D eigenvalue weighted by Crippen LogP contribution is 2.36. The zero-order chi connectivity index (χ0) is 17.2. The molecule has 2 heterocycles. The van der Waals surface area contributed by atoms with Gasteiger partial charge in [-0.15, -0.1) is 0 Å². The average Bonchev–Trinajstić information content (AvgIpc) is 3.00. The molecular formula is C18H25FN2O3. The number of halogens is 1. The number of nitrogens with zero attached hydrogens (tertiary/aromatic N) is 1. The van der Waals surface area contributed by atoms with Gasteiger partial charge in [0, 0.05) is 32.5 Å². The molecule has 2 aliphatic heterocycles. The van der Waals surface area contributed by atoms with Crippen molar-refractivity contribution in [1.29, 1.82) is 0 Å². The molecule has 1 amide bonds. The first-order chi connectivity index (χ1) is 11.5. The zero-order valence-electron chi connectivity index (χ0n) is 14.3. The van der Waals surface area contributed by atoms with Crippen molar-refractivity contribution in [3.05, 3.63) is 29.6 Å². The van der Waals surface area contributed by atoms with Gasteiger partial charge in [0.15, 0.2) is 0 Å². The molecule has 0 aliphatic carbocycles. The summed E-state index contributed by atoms with van der Waals surface area (Å²) in [4.78, 5) is 14.5. The van der Waals surface area contributed by atoms with Gasteiger partial charge < -0.3 is 14.8 Å². The predicted octanol–water partition coefficient (Wildman–Crippen LogP) is 2.34. The number of carbonyl (C=O) groups is 1. The van der Waals surface area contributed by atoms with Crippen molar-refractivity contribution < 1.29 is 18.7 Å². The topological polar surface area (TPSA) is 50.8 Å². The van der Waals surface area contributed by atoms with Crippen LogP contribution in [0.1, 0.15) is 24.8 Å². The Morgan fingerprint density at radius 1 is 1.54 bits per heavy atom. The van der Waals surface area contributed by atoms with E-state index >= 15 is 0 Å². The van der Waals surface area contributed by atoms with Crippen LogP contribution >= 0.6 is 0 Å². The number of carbonyl (C=O) groups excluding carboxylic acids is 1. The molecule has 0 aromatic heterocycles. The van der Waals surface area contributed by atoms with Gasteiger partial charge in [0.2, 0.25) is 5.91 Å². The maximum Gasteiger partial charge on any atom is 0.238 e. The normalized spacial score (nSPS) is 27.5. The Morgan fingerprint density at radius 3 is 3.08 bits per heavy atom. The van der Waals surface area contributed by atoms with Crippen LogP contribution in [-0.4, -0.2) is 55.9 Å². The lowest BCUT2D eigenvalue weighted by atomic mass is 9.87. The van der Waals surface area contributed by atoms with E-state index in [1.54, 1.807) is 13.2 Å². The summed E-state index contributed by atoms with van der Waals surface area (Å²) >= 11 is 0. The molecule has 1 aromatic rings. The third-order valence-corrected chi connectivity index (χ3v) is 5.04. The average molecular weight is 336 g/mol. The molecular weight excluding hydrogens is 311 g/mol. The molecule has 0 unspecified atom stereocenters. The van der Waals surface area contributed by atoms with Crippen LogP contribution in [0.5, 0.6) is 0 Å². The fourth-order valence-electron chi connectivity index (χ4n) is 3.81. The molecule has 2 fully saturated rings. The standard InChI is InChI=1S/C18H25FN2O3/c1-13-4-5-14(19)10-15(13)20-17(22)11-21-8-6-16(23-2)18(12-21)7-3-9-24-18/h4-5,10,16H,3,6-9,11-12H2,1-2H3,(H,20,22)/t16-,18-/m1/s1. The second-order valence-electron chi connectivity index (χ2n) is 6.75. The SMILES string of the molecule is CO[C@@H]1CCN(CC(=O)Nc2cc(F)ccc2C)C[C@]12CCCO2. The lowest BCUT2D eigenvalue weighted by Gasteiger charge is -2.44. The number of nitrogens with one attached hydrogen (secondary N) is 1. The predicted molar refractivity (Wildman–Crippen MR) is 89.5 cm³/mol. The molecule has 5 nitrogen and oxygen atoms in total. The highest BCUT2D eigenvalue weighted by atomic mass is 19.1. The Balaban J connectivity index is 1.61. The van der Waals surface area contributed by atoms with Crippen LogP contribution in [0.25, 0.3) is 0 Å². The number of likely N-dealkylation sites (tertiary alicyclic amines) is 1. The van der Waals surface area contributed by atoms with Crippen LogP contribution in [0.2, 0.25) is 0 Å². The third-order valence-electron chi connectivity index (χ3n) is 5.04. The molecule has 0 bridgehead atoms. The Bertz CT molecular complexity index is 602. The maximum absolute atomic E-state index is 13.3. The quantitative estimate of drug-likeness (QED) is 0.917. The van der Waals surface area contributed by atoms with E-state index < -0.39 is 0 Å². The van der Waals surface area contributed by atoms with Gasteiger partial charge in [0.25, 0.3) is 0 Å². The number of rotatable bonds is 4. The highest BCUT2D eigenvalue weighted by molar-refractivity contribution is 5.92. The van der Waals surface area contributed by atoms with Crippen molar-refractivity contribution in [3.8, 4) is 0 Å². The van der Waals surface area contributed by atoms with Crippen molar-refractivity contribution in [3.63, 3.8) is 0 Å². The number of benzene rings is 1. The fourth-order valence-corrected chi connectivity index (χ4v) is 3.81. The van der Waals surface area contributed by atoms with Crippen molar-refractivity contribution in [2.45, 2.75) is 37.9 Å². The minimum Gasteiger partial charge on any atom is -0.378 e. The van der Waals surface area contributed by atoms with Crippen LogP contribution < -0.4 is 5.32 Å². The van der Waals surface area contributed by atoms with E-state index in [0.717, 1.165) is 38.0 Å². The Labute approximate surface area is 142 Å². The van der Waals surface area contributed by atoms with Crippen molar-refractivity contribution in [1.82, 2.24) is 4.90 Å². The highest BCUT2D eigenvalue weighted by Gasteiger charge is 2.47. The van der Waals surface area contributed by atoms with Gasteiger partial charge in [0.05, 0.1) is 12.6 Å². The van der Waals surface area contributed by atoms with E-state index in [-0.39, 0.29) is 30.0 Å². The zero-order valence-corrected chi connectivity index (χ0v) is 14.3. The van der Waals surface area contributed by atoms with E-state index in [4.69, 9.17) is 9.47 Å². The van der Waals surface area contributed by atoms with Gasteiger partial charge in [-0.3, -0.25) is 9.69 Å². The van der Waals surface area contributed by atoms with Gasteiger partial charge in [0.1, 0.15) is 11.4 Å². The summed E-state index contributed by atoms with van der Waals surface area (Å²) in [6.45, 7) is 4.36. The molecule has 6 heteroatoms. The first-order valence-electron chi connectivity index (χ1n) is 8.47. The van der Waals surface area contributed by atoms with Crippen LogP contribution in [0.3, 0.4) is 0 Å². The summed E-state index contributed by atoms with van der Waals surface area (Å²) in [7, 11) is 1.73.